The van der Waals surface area contributed by atoms with Crippen molar-refractivity contribution in [1.82, 2.24) is 5.43 Å². The summed E-state index contributed by atoms with van der Waals surface area (Å²) in [6, 6.07) is 22.9. The average Bonchev–Trinajstić information content (AvgIpc) is 2.75. The predicted octanol–water partition coefficient (Wildman–Crippen LogP) is 5.02. The Labute approximate surface area is 173 Å². The highest BCUT2D eigenvalue weighted by Gasteiger charge is 2.13. The van der Waals surface area contributed by atoms with Crippen LogP contribution in [-0.2, 0) is 0 Å². The lowest BCUT2D eigenvalue weighted by Gasteiger charge is -2.10. The standard InChI is InChI=1S/C23H18ClN3O2/c24-19-14-12-18(13-15-19)22(28)26-21-11-5-4-10-20(21)23(29)27-25-16-6-9-17-7-2-1-3-8-17/h1-16H,(H,26,28)(H,27,29)/b9-6+,25-16-. The number of hydrazone groups is 1. The van der Waals surface area contributed by atoms with E-state index >= 15 is 0 Å². The number of hydrogen-bond acceptors (Lipinski definition) is 3. The lowest BCUT2D eigenvalue weighted by Crippen LogP contribution is -2.21. The molecule has 6 heteroatoms. The van der Waals surface area contributed by atoms with Gasteiger partial charge in [0, 0.05) is 16.8 Å². The van der Waals surface area contributed by atoms with Crippen LogP contribution < -0.4 is 10.7 Å². The molecule has 3 aromatic rings. The van der Waals surface area contributed by atoms with E-state index in [0.717, 1.165) is 5.56 Å². The van der Waals surface area contributed by atoms with E-state index in [-0.39, 0.29) is 5.91 Å². The second-order valence-corrected chi connectivity index (χ2v) is 6.43. The van der Waals surface area contributed by atoms with Gasteiger partial charge in [-0.2, -0.15) is 5.10 Å². The molecule has 0 aliphatic carbocycles. The fourth-order valence-electron chi connectivity index (χ4n) is 2.50. The Morgan fingerprint density at radius 2 is 1.52 bits per heavy atom. The zero-order chi connectivity index (χ0) is 20.5. The molecular weight excluding hydrogens is 386 g/mol. The van der Waals surface area contributed by atoms with E-state index in [1.165, 1.54) is 6.21 Å². The number of benzene rings is 3. The van der Waals surface area contributed by atoms with Gasteiger partial charge in [-0.05, 0) is 48.0 Å². The highest BCUT2D eigenvalue weighted by Crippen LogP contribution is 2.17. The molecule has 0 spiro atoms. The summed E-state index contributed by atoms with van der Waals surface area (Å²) in [5.74, 6) is -0.766. The van der Waals surface area contributed by atoms with E-state index in [9.17, 15) is 9.59 Å². The maximum absolute atomic E-state index is 12.4. The Morgan fingerprint density at radius 3 is 2.28 bits per heavy atom. The Bertz CT molecular complexity index is 1050. The molecule has 0 heterocycles. The highest BCUT2D eigenvalue weighted by molar-refractivity contribution is 6.30. The van der Waals surface area contributed by atoms with Crippen molar-refractivity contribution >= 4 is 41.4 Å². The van der Waals surface area contributed by atoms with Gasteiger partial charge < -0.3 is 5.32 Å². The van der Waals surface area contributed by atoms with Gasteiger partial charge in [0.2, 0.25) is 0 Å². The monoisotopic (exact) mass is 403 g/mol. The summed E-state index contributed by atoms with van der Waals surface area (Å²) in [6.45, 7) is 0. The van der Waals surface area contributed by atoms with Gasteiger partial charge in [0.1, 0.15) is 0 Å². The van der Waals surface area contributed by atoms with Gasteiger partial charge in [0.25, 0.3) is 11.8 Å². The van der Waals surface area contributed by atoms with E-state index in [2.05, 4.69) is 15.8 Å². The number of hydrogen-bond donors (Lipinski definition) is 2. The van der Waals surface area contributed by atoms with Gasteiger partial charge in [0.05, 0.1) is 11.3 Å². The van der Waals surface area contributed by atoms with Crippen LogP contribution in [0.2, 0.25) is 5.02 Å². The third-order valence-corrected chi connectivity index (χ3v) is 4.19. The molecule has 144 valence electrons. The van der Waals surface area contributed by atoms with Crippen molar-refractivity contribution in [1.29, 1.82) is 0 Å². The first-order valence-electron chi connectivity index (χ1n) is 8.84. The maximum atomic E-state index is 12.4. The van der Waals surface area contributed by atoms with Gasteiger partial charge in [-0.1, -0.05) is 60.1 Å². The SMILES string of the molecule is O=C(Nc1ccccc1C(=O)N/N=C\C=C\c1ccccc1)c1ccc(Cl)cc1. The largest absolute Gasteiger partial charge is 0.321 e. The lowest BCUT2D eigenvalue weighted by atomic mass is 10.1. The fourth-order valence-corrected chi connectivity index (χ4v) is 2.63. The topological polar surface area (TPSA) is 70.6 Å². The Kier molecular flexibility index (Phi) is 6.92. The molecule has 0 radical (unpaired) electrons. The molecule has 0 aromatic heterocycles. The Hall–Kier alpha value is -3.70. The minimum Gasteiger partial charge on any atom is -0.321 e. The second-order valence-electron chi connectivity index (χ2n) is 6.00. The summed E-state index contributed by atoms with van der Waals surface area (Å²) < 4.78 is 0. The summed E-state index contributed by atoms with van der Waals surface area (Å²) in [7, 11) is 0. The average molecular weight is 404 g/mol. The zero-order valence-electron chi connectivity index (χ0n) is 15.4. The van der Waals surface area contributed by atoms with E-state index in [1.807, 2.05) is 36.4 Å². The van der Waals surface area contributed by atoms with E-state index in [4.69, 9.17) is 11.6 Å². The molecule has 3 aromatic carbocycles. The number of allylic oxidation sites excluding steroid dienone is 1. The van der Waals surface area contributed by atoms with Crippen LogP contribution in [0, 0.1) is 0 Å². The van der Waals surface area contributed by atoms with Gasteiger partial charge in [-0.25, -0.2) is 5.43 Å². The van der Waals surface area contributed by atoms with Crippen molar-refractivity contribution in [2.24, 2.45) is 5.10 Å². The molecule has 0 unspecified atom stereocenters. The van der Waals surface area contributed by atoms with Crippen LogP contribution in [0.4, 0.5) is 5.69 Å². The normalized spacial score (nSPS) is 10.9. The van der Waals surface area contributed by atoms with Crippen molar-refractivity contribution in [2.75, 3.05) is 5.32 Å². The molecule has 0 atom stereocenters. The lowest BCUT2D eigenvalue weighted by molar-refractivity contribution is 0.0956. The third-order valence-electron chi connectivity index (χ3n) is 3.94. The third kappa shape index (κ3) is 5.89. The summed E-state index contributed by atoms with van der Waals surface area (Å²) in [6.07, 6.45) is 5.08. The molecule has 0 fully saturated rings. The van der Waals surface area contributed by atoms with Crippen molar-refractivity contribution < 1.29 is 9.59 Å². The minimum atomic E-state index is -0.429. The van der Waals surface area contributed by atoms with Crippen LogP contribution in [-0.4, -0.2) is 18.0 Å². The number of halogens is 1. The Morgan fingerprint density at radius 1 is 0.828 bits per heavy atom. The summed E-state index contributed by atoms with van der Waals surface area (Å²) in [4.78, 5) is 24.9. The van der Waals surface area contributed by atoms with Crippen molar-refractivity contribution in [2.45, 2.75) is 0 Å². The fraction of sp³-hybridized carbons (Fsp3) is 0. The van der Waals surface area contributed by atoms with Gasteiger partial charge in [-0.15, -0.1) is 0 Å². The molecule has 29 heavy (non-hydrogen) atoms. The number of rotatable bonds is 6. The smallest absolute Gasteiger partial charge is 0.273 e. The van der Waals surface area contributed by atoms with Gasteiger partial charge >= 0.3 is 0 Å². The molecular formula is C23H18ClN3O2. The molecule has 0 aliphatic rings. The second kappa shape index (κ2) is 10.0. The van der Waals surface area contributed by atoms with Crippen LogP contribution in [0.3, 0.4) is 0 Å². The quantitative estimate of drug-likeness (QED) is 0.448. The maximum Gasteiger partial charge on any atom is 0.273 e. The van der Waals surface area contributed by atoms with Crippen LogP contribution in [0.15, 0.2) is 90.0 Å². The molecule has 2 amide bonds. The predicted molar refractivity (Wildman–Crippen MR) is 117 cm³/mol. The first-order valence-corrected chi connectivity index (χ1v) is 9.22. The first-order chi connectivity index (χ1) is 14.1. The van der Waals surface area contributed by atoms with E-state index in [0.29, 0.717) is 21.8 Å². The number of para-hydroxylation sites is 1. The minimum absolute atomic E-state index is 0.305. The number of nitrogens with zero attached hydrogens (tertiary/aromatic N) is 1. The molecule has 0 saturated carbocycles. The highest BCUT2D eigenvalue weighted by atomic mass is 35.5. The molecule has 0 aliphatic heterocycles. The van der Waals surface area contributed by atoms with E-state index < -0.39 is 5.91 Å². The van der Waals surface area contributed by atoms with Crippen LogP contribution in [0.5, 0.6) is 0 Å². The van der Waals surface area contributed by atoms with Crippen molar-refractivity contribution in [3.63, 3.8) is 0 Å². The first kappa shape index (κ1) is 20.0. The Balaban J connectivity index is 1.64. The van der Waals surface area contributed by atoms with Crippen LogP contribution in [0.1, 0.15) is 26.3 Å². The van der Waals surface area contributed by atoms with Crippen LogP contribution >= 0.6 is 11.6 Å². The van der Waals surface area contributed by atoms with Gasteiger partial charge in [-0.3, -0.25) is 9.59 Å². The number of nitrogens with one attached hydrogen (secondary N) is 2. The molecule has 5 nitrogen and oxygen atoms in total. The number of carbonyl (C=O) groups excluding carboxylic acids is 2. The van der Waals surface area contributed by atoms with Crippen molar-refractivity contribution in [3.8, 4) is 0 Å². The number of amides is 2. The zero-order valence-corrected chi connectivity index (χ0v) is 16.1. The summed E-state index contributed by atoms with van der Waals surface area (Å²) >= 11 is 5.85. The van der Waals surface area contributed by atoms with Crippen LogP contribution in [0.25, 0.3) is 6.08 Å². The summed E-state index contributed by atoms with van der Waals surface area (Å²) in [5, 5.41) is 7.20. The molecule has 3 rings (SSSR count). The molecule has 0 bridgehead atoms. The molecule has 2 N–H and O–H groups in total. The molecule has 0 saturated heterocycles. The van der Waals surface area contributed by atoms with Gasteiger partial charge in [0.15, 0.2) is 0 Å². The van der Waals surface area contributed by atoms with Crippen molar-refractivity contribution in [3.05, 3.63) is 107 Å². The number of anilines is 1. The number of carbonyl (C=O) groups is 2. The summed E-state index contributed by atoms with van der Waals surface area (Å²) in [5.41, 5.74) is 4.62. The van der Waals surface area contributed by atoms with E-state index in [1.54, 1.807) is 54.6 Å².